The van der Waals surface area contributed by atoms with Gasteiger partial charge in [0.2, 0.25) is 0 Å². The third-order valence-corrected chi connectivity index (χ3v) is 3.82. The first-order valence-electron chi connectivity index (χ1n) is 7.77. The molecule has 0 aliphatic rings. The molecule has 122 valence electrons. The van der Waals surface area contributed by atoms with Gasteiger partial charge < -0.3 is 5.32 Å². The lowest BCUT2D eigenvalue weighted by Crippen LogP contribution is -2.24. The number of hydrogen-bond acceptors (Lipinski definition) is 3. The Morgan fingerprint density at radius 3 is 2.71 bits per heavy atom. The van der Waals surface area contributed by atoms with E-state index in [4.69, 9.17) is 0 Å². The first kappa shape index (κ1) is 15.9. The summed E-state index contributed by atoms with van der Waals surface area (Å²) >= 11 is 0. The molecule has 0 radical (unpaired) electrons. The minimum absolute atomic E-state index is 0.259. The zero-order valence-electron chi connectivity index (χ0n) is 13.4. The number of anilines is 1. The van der Waals surface area contributed by atoms with Gasteiger partial charge in [-0.05, 0) is 36.6 Å². The predicted molar refractivity (Wildman–Crippen MR) is 93.2 cm³/mol. The molecule has 2 aromatic carbocycles. The second kappa shape index (κ2) is 7.08. The van der Waals surface area contributed by atoms with Crippen LogP contribution in [0.1, 0.15) is 11.1 Å². The van der Waals surface area contributed by atoms with E-state index in [0.717, 1.165) is 6.42 Å². The highest BCUT2D eigenvalue weighted by atomic mass is 19.1. The number of benzene rings is 2. The Labute approximate surface area is 139 Å². The summed E-state index contributed by atoms with van der Waals surface area (Å²) < 4.78 is 15.1. The maximum absolute atomic E-state index is 13.7. The number of hydrogen-bond donors (Lipinski definition) is 1. The summed E-state index contributed by atoms with van der Waals surface area (Å²) in [6, 6.07) is 14.7. The molecule has 0 amide bonds. The van der Waals surface area contributed by atoms with Gasteiger partial charge in [0, 0.05) is 18.9 Å². The van der Waals surface area contributed by atoms with Crippen LogP contribution in [0, 0.1) is 12.7 Å². The molecule has 0 bridgehead atoms. The number of nitrogens with zero attached hydrogens (tertiary/aromatic N) is 2. The van der Waals surface area contributed by atoms with Crippen LogP contribution in [0.25, 0.3) is 5.69 Å². The van der Waals surface area contributed by atoms with Crippen molar-refractivity contribution in [2.75, 3.05) is 11.9 Å². The molecule has 3 rings (SSSR count). The molecular formula is C19H18FN3O. The van der Waals surface area contributed by atoms with Crippen LogP contribution < -0.4 is 10.9 Å². The Bertz CT molecular complexity index is 891. The maximum Gasteiger partial charge on any atom is 0.297 e. The number of nitrogens with one attached hydrogen (secondary N) is 1. The molecule has 1 N–H and O–H groups in total. The van der Waals surface area contributed by atoms with E-state index in [1.54, 1.807) is 19.1 Å². The van der Waals surface area contributed by atoms with Crippen LogP contribution in [0.15, 0.2) is 65.7 Å². The van der Waals surface area contributed by atoms with Crippen molar-refractivity contribution in [2.24, 2.45) is 0 Å². The summed E-state index contributed by atoms with van der Waals surface area (Å²) in [4.78, 5) is 16.6. The maximum atomic E-state index is 13.7. The molecule has 1 aromatic heterocycles. The van der Waals surface area contributed by atoms with Crippen molar-refractivity contribution >= 4 is 5.82 Å². The quantitative estimate of drug-likeness (QED) is 0.783. The Morgan fingerprint density at radius 2 is 1.96 bits per heavy atom. The van der Waals surface area contributed by atoms with Gasteiger partial charge in [-0.1, -0.05) is 36.4 Å². The summed E-state index contributed by atoms with van der Waals surface area (Å²) in [6.45, 7) is 2.28. The lowest BCUT2D eigenvalue weighted by molar-refractivity contribution is 0.617. The molecular weight excluding hydrogens is 305 g/mol. The van der Waals surface area contributed by atoms with Crippen LogP contribution in [0.4, 0.5) is 10.2 Å². The van der Waals surface area contributed by atoms with E-state index >= 15 is 0 Å². The normalized spacial score (nSPS) is 10.6. The molecule has 3 aromatic rings. The Balaban J connectivity index is 1.78. The second-order valence-corrected chi connectivity index (χ2v) is 5.55. The van der Waals surface area contributed by atoms with Crippen molar-refractivity contribution in [3.63, 3.8) is 0 Å². The smallest absolute Gasteiger partial charge is 0.297 e. The zero-order chi connectivity index (χ0) is 16.9. The van der Waals surface area contributed by atoms with E-state index in [-0.39, 0.29) is 17.2 Å². The highest BCUT2D eigenvalue weighted by molar-refractivity contribution is 5.40. The van der Waals surface area contributed by atoms with E-state index in [0.29, 0.717) is 17.8 Å². The second-order valence-electron chi connectivity index (χ2n) is 5.55. The molecule has 0 unspecified atom stereocenters. The fraction of sp³-hybridized carbons (Fsp3) is 0.158. The Morgan fingerprint density at radius 1 is 1.17 bits per heavy atom. The molecule has 0 saturated heterocycles. The van der Waals surface area contributed by atoms with Crippen LogP contribution in [0.2, 0.25) is 0 Å². The summed E-state index contributed by atoms with van der Waals surface area (Å²) in [6.07, 6.45) is 3.86. The standard InChI is InChI=1S/C19H18FN3O/c1-14-7-8-16(13-17(14)20)23-12-11-22-18(19(23)24)21-10-9-15-5-3-2-4-6-15/h2-8,11-13H,9-10H2,1H3,(H,21,22). The van der Waals surface area contributed by atoms with Crippen molar-refractivity contribution in [2.45, 2.75) is 13.3 Å². The summed E-state index contributed by atoms with van der Waals surface area (Å²) in [5.74, 6) is -0.0794. The molecule has 0 atom stereocenters. The van der Waals surface area contributed by atoms with Crippen molar-refractivity contribution in [3.8, 4) is 5.69 Å². The van der Waals surface area contributed by atoms with Crippen LogP contribution in [-0.4, -0.2) is 16.1 Å². The van der Waals surface area contributed by atoms with Gasteiger partial charge in [0.25, 0.3) is 5.56 Å². The van der Waals surface area contributed by atoms with Gasteiger partial charge in [-0.2, -0.15) is 0 Å². The predicted octanol–water partition coefficient (Wildman–Crippen LogP) is 3.33. The van der Waals surface area contributed by atoms with Gasteiger partial charge in [-0.25, -0.2) is 9.37 Å². The highest BCUT2D eigenvalue weighted by Crippen LogP contribution is 2.12. The van der Waals surface area contributed by atoms with E-state index in [1.165, 1.54) is 28.6 Å². The fourth-order valence-corrected chi connectivity index (χ4v) is 2.44. The lowest BCUT2D eigenvalue weighted by atomic mass is 10.1. The minimum atomic E-state index is -0.338. The molecule has 5 heteroatoms. The average Bonchev–Trinajstić information content (AvgIpc) is 2.60. The average molecular weight is 323 g/mol. The van der Waals surface area contributed by atoms with Gasteiger partial charge in [0.1, 0.15) is 5.82 Å². The van der Waals surface area contributed by atoms with E-state index in [1.807, 2.05) is 30.3 Å². The Kier molecular flexibility index (Phi) is 4.70. The first-order valence-corrected chi connectivity index (χ1v) is 7.77. The Hall–Kier alpha value is -2.95. The largest absolute Gasteiger partial charge is 0.365 e. The van der Waals surface area contributed by atoms with Crippen molar-refractivity contribution in [1.82, 2.24) is 9.55 Å². The minimum Gasteiger partial charge on any atom is -0.365 e. The zero-order valence-corrected chi connectivity index (χ0v) is 13.4. The van der Waals surface area contributed by atoms with E-state index in [2.05, 4.69) is 10.3 Å². The monoisotopic (exact) mass is 323 g/mol. The fourth-order valence-electron chi connectivity index (χ4n) is 2.44. The van der Waals surface area contributed by atoms with Crippen molar-refractivity contribution < 1.29 is 4.39 Å². The highest BCUT2D eigenvalue weighted by Gasteiger charge is 2.08. The molecule has 0 aliphatic heterocycles. The molecule has 4 nitrogen and oxygen atoms in total. The van der Waals surface area contributed by atoms with Gasteiger partial charge in [-0.15, -0.1) is 0 Å². The third kappa shape index (κ3) is 3.51. The molecule has 0 aliphatic carbocycles. The van der Waals surface area contributed by atoms with Crippen LogP contribution in [-0.2, 0) is 6.42 Å². The third-order valence-electron chi connectivity index (χ3n) is 3.82. The summed E-state index contributed by atoms with van der Waals surface area (Å²) in [5.41, 5.74) is 1.91. The van der Waals surface area contributed by atoms with Crippen molar-refractivity contribution in [1.29, 1.82) is 0 Å². The molecule has 1 heterocycles. The topological polar surface area (TPSA) is 46.9 Å². The molecule has 0 fully saturated rings. The van der Waals surface area contributed by atoms with Gasteiger partial charge in [0.15, 0.2) is 5.82 Å². The van der Waals surface area contributed by atoms with Crippen LogP contribution >= 0.6 is 0 Å². The molecule has 24 heavy (non-hydrogen) atoms. The number of rotatable bonds is 5. The lowest BCUT2D eigenvalue weighted by Gasteiger charge is -2.10. The first-order chi connectivity index (χ1) is 11.6. The number of aromatic nitrogens is 2. The summed E-state index contributed by atoms with van der Waals surface area (Å²) in [5, 5.41) is 3.06. The molecule has 0 spiro atoms. The number of halogens is 1. The molecule has 0 saturated carbocycles. The summed E-state index contributed by atoms with van der Waals surface area (Å²) in [7, 11) is 0. The number of aryl methyl sites for hydroxylation is 1. The van der Waals surface area contributed by atoms with Crippen LogP contribution in [0.5, 0.6) is 0 Å². The van der Waals surface area contributed by atoms with Crippen LogP contribution in [0.3, 0.4) is 0 Å². The van der Waals surface area contributed by atoms with Crippen molar-refractivity contribution in [3.05, 3.63) is 88.2 Å². The van der Waals surface area contributed by atoms with Gasteiger partial charge in [0.05, 0.1) is 5.69 Å². The van der Waals surface area contributed by atoms with E-state index < -0.39 is 0 Å². The van der Waals surface area contributed by atoms with Gasteiger partial charge >= 0.3 is 0 Å². The SMILES string of the molecule is Cc1ccc(-n2ccnc(NCCc3ccccc3)c2=O)cc1F. The van der Waals surface area contributed by atoms with E-state index in [9.17, 15) is 9.18 Å². The van der Waals surface area contributed by atoms with Gasteiger partial charge in [-0.3, -0.25) is 9.36 Å².